The molecular formula is C17H15F2N5O. The summed E-state index contributed by atoms with van der Waals surface area (Å²) in [5.41, 5.74) is 1.24. The minimum absolute atomic E-state index is 0.0380. The number of aliphatic hydroxyl groups is 1. The fraction of sp³-hybridized carbons (Fsp3) is 0.118. The van der Waals surface area contributed by atoms with Crippen molar-refractivity contribution in [2.75, 3.05) is 23.8 Å². The van der Waals surface area contributed by atoms with Crippen molar-refractivity contribution in [1.82, 2.24) is 15.0 Å². The molecule has 3 aromatic rings. The van der Waals surface area contributed by atoms with E-state index in [9.17, 15) is 8.78 Å². The molecule has 0 atom stereocenters. The third kappa shape index (κ3) is 4.04. The highest BCUT2D eigenvalue weighted by Crippen LogP contribution is 2.25. The second-order valence-electron chi connectivity index (χ2n) is 5.08. The fourth-order valence-corrected chi connectivity index (χ4v) is 2.16. The molecule has 0 radical (unpaired) electrons. The van der Waals surface area contributed by atoms with Gasteiger partial charge in [0.1, 0.15) is 5.82 Å². The van der Waals surface area contributed by atoms with Gasteiger partial charge in [0.25, 0.3) is 0 Å². The van der Waals surface area contributed by atoms with Gasteiger partial charge in [0, 0.05) is 30.6 Å². The lowest BCUT2D eigenvalue weighted by molar-refractivity contribution is 0.311. The molecule has 0 aliphatic rings. The van der Waals surface area contributed by atoms with Gasteiger partial charge in [-0.2, -0.15) is 4.98 Å². The molecule has 6 nitrogen and oxygen atoms in total. The van der Waals surface area contributed by atoms with Crippen LogP contribution in [0.1, 0.15) is 0 Å². The quantitative estimate of drug-likeness (QED) is 0.638. The molecule has 8 heteroatoms. The minimum Gasteiger partial charge on any atom is -0.395 e. The molecule has 0 aliphatic carbocycles. The molecule has 0 unspecified atom stereocenters. The Morgan fingerprint density at radius 3 is 2.72 bits per heavy atom. The van der Waals surface area contributed by atoms with Crippen LogP contribution in [-0.4, -0.2) is 33.2 Å². The van der Waals surface area contributed by atoms with E-state index in [0.29, 0.717) is 5.69 Å². The average Bonchev–Trinajstić information content (AvgIpc) is 2.64. The zero-order valence-corrected chi connectivity index (χ0v) is 13.1. The Hall–Kier alpha value is -3.13. The van der Waals surface area contributed by atoms with Crippen LogP contribution in [0.2, 0.25) is 0 Å². The van der Waals surface area contributed by atoms with Crippen molar-refractivity contribution in [1.29, 1.82) is 0 Å². The van der Waals surface area contributed by atoms with Crippen LogP contribution in [-0.2, 0) is 0 Å². The second-order valence-corrected chi connectivity index (χ2v) is 5.08. The predicted molar refractivity (Wildman–Crippen MR) is 90.5 cm³/mol. The Morgan fingerprint density at radius 1 is 1.08 bits per heavy atom. The number of anilines is 3. The lowest BCUT2D eigenvalue weighted by atomic mass is 10.2. The molecule has 0 aliphatic heterocycles. The number of pyridine rings is 1. The molecule has 1 aromatic carbocycles. The maximum atomic E-state index is 13.9. The number of benzene rings is 1. The SMILES string of the molecule is OCCNc1nc(Nc2cccc(F)c2F)cc(-c2cccnc2)n1. The summed E-state index contributed by atoms with van der Waals surface area (Å²) in [5.74, 6) is -1.42. The lowest BCUT2D eigenvalue weighted by Crippen LogP contribution is -2.10. The highest BCUT2D eigenvalue weighted by molar-refractivity contribution is 5.67. The lowest BCUT2D eigenvalue weighted by Gasteiger charge is -2.11. The van der Waals surface area contributed by atoms with E-state index in [1.54, 1.807) is 24.5 Å². The summed E-state index contributed by atoms with van der Waals surface area (Å²) in [6.07, 6.45) is 3.27. The van der Waals surface area contributed by atoms with Gasteiger partial charge < -0.3 is 15.7 Å². The Kier molecular flexibility index (Phi) is 5.10. The summed E-state index contributed by atoms with van der Waals surface area (Å²) in [5, 5.41) is 14.6. The number of aliphatic hydroxyl groups excluding tert-OH is 1. The molecular weight excluding hydrogens is 328 g/mol. The van der Waals surface area contributed by atoms with Gasteiger partial charge in [0.2, 0.25) is 5.95 Å². The summed E-state index contributed by atoms with van der Waals surface area (Å²) >= 11 is 0. The molecule has 0 fully saturated rings. The van der Waals surface area contributed by atoms with E-state index in [-0.39, 0.29) is 30.6 Å². The Morgan fingerprint density at radius 2 is 1.96 bits per heavy atom. The number of nitrogens with one attached hydrogen (secondary N) is 2. The van der Waals surface area contributed by atoms with Gasteiger partial charge in [-0.15, -0.1) is 0 Å². The van der Waals surface area contributed by atoms with Crippen LogP contribution in [0.3, 0.4) is 0 Å². The van der Waals surface area contributed by atoms with Gasteiger partial charge in [-0.3, -0.25) is 4.98 Å². The molecule has 3 N–H and O–H groups in total. The summed E-state index contributed by atoms with van der Waals surface area (Å²) < 4.78 is 27.3. The van der Waals surface area contributed by atoms with E-state index >= 15 is 0 Å². The fourth-order valence-electron chi connectivity index (χ4n) is 2.16. The van der Waals surface area contributed by atoms with Crippen molar-refractivity contribution < 1.29 is 13.9 Å². The van der Waals surface area contributed by atoms with Crippen molar-refractivity contribution in [3.63, 3.8) is 0 Å². The summed E-state index contributed by atoms with van der Waals surface area (Å²) in [6, 6.07) is 9.02. The first-order valence-corrected chi connectivity index (χ1v) is 7.52. The monoisotopic (exact) mass is 343 g/mol. The summed E-state index contributed by atoms with van der Waals surface area (Å²) in [4.78, 5) is 12.6. The van der Waals surface area contributed by atoms with Crippen molar-refractivity contribution in [2.24, 2.45) is 0 Å². The average molecular weight is 343 g/mol. The number of rotatable bonds is 6. The van der Waals surface area contributed by atoms with E-state index < -0.39 is 11.6 Å². The zero-order chi connectivity index (χ0) is 17.6. The van der Waals surface area contributed by atoms with E-state index in [0.717, 1.165) is 11.6 Å². The Balaban J connectivity index is 1.98. The molecule has 0 saturated carbocycles. The largest absolute Gasteiger partial charge is 0.395 e. The normalized spacial score (nSPS) is 10.5. The molecule has 2 heterocycles. The molecule has 25 heavy (non-hydrogen) atoms. The maximum Gasteiger partial charge on any atom is 0.225 e. The minimum atomic E-state index is -0.992. The number of aromatic nitrogens is 3. The smallest absolute Gasteiger partial charge is 0.225 e. The van der Waals surface area contributed by atoms with Gasteiger partial charge in [-0.05, 0) is 24.3 Å². The third-order valence-electron chi connectivity index (χ3n) is 3.29. The van der Waals surface area contributed by atoms with Crippen LogP contribution in [0.5, 0.6) is 0 Å². The van der Waals surface area contributed by atoms with Gasteiger partial charge in [0.15, 0.2) is 11.6 Å². The van der Waals surface area contributed by atoms with E-state index in [1.807, 2.05) is 6.07 Å². The van der Waals surface area contributed by atoms with Crippen LogP contribution in [0.25, 0.3) is 11.3 Å². The standard InChI is InChI=1S/C17H15F2N5O/c18-12-4-1-5-13(16(12)19)22-15-9-14(11-3-2-6-20-10-11)23-17(24-15)21-7-8-25/h1-6,9-10,25H,7-8H2,(H2,21,22,23,24). The van der Waals surface area contributed by atoms with Crippen molar-refractivity contribution >= 4 is 17.5 Å². The topological polar surface area (TPSA) is 83.0 Å². The Bertz CT molecular complexity index is 861. The van der Waals surface area contributed by atoms with Crippen LogP contribution in [0, 0.1) is 11.6 Å². The first kappa shape index (κ1) is 16.7. The number of halogens is 2. The summed E-state index contributed by atoms with van der Waals surface area (Å²) in [7, 11) is 0. The van der Waals surface area contributed by atoms with Crippen LogP contribution < -0.4 is 10.6 Å². The first-order valence-electron chi connectivity index (χ1n) is 7.52. The van der Waals surface area contributed by atoms with Crippen molar-refractivity contribution in [3.05, 3.63) is 60.4 Å². The molecule has 0 saturated heterocycles. The van der Waals surface area contributed by atoms with Crippen LogP contribution in [0.15, 0.2) is 48.8 Å². The van der Waals surface area contributed by atoms with Crippen molar-refractivity contribution in [2.45, 2.75) is 0 Å². The van der Waals surface area contributed by atoms with Gasteiger partial charge in [0.05, 0.1) is 18.0 Å². The van der Waals surface area contributed by atoms with E-state index in [4.69, 9.17) is 5.11 Å². The molecule has 0 spiro atoms. The second kappa shape index (κ2) is 7.63. The first-order chi connectivity index (χ1) is 12.2. The molecule has 0 bridgehead atoms. The summed E-state index contributed by atoms with van der Waals surface area (Å²) in [6.45, 7) is 0.159. The number of nitrogens with zero attached hydrogens (tertiary/aromatic N) is 3. The van der Waals surface area contributed by atoms with Gasteiger partial charge in [-0.1, -0.05) is 6.07 Å². The maximum absolute atomic E-state index is 13.9. The highest BCUT2D eigenvalue weighted by atomic mass is 19.2. The third-order valence-corrected chi connectivity index (χ3v) is 3.29. The van der Waals surface area contributed by atoms with E-state index in [2.05, 4.69) is 25.6 Å². The van der Waals surface area contributed by atoms with E-state index in [1.165, 1.54) is 12.1 Å². The van der Waals surface area contributed by atoms with Crippen molar-refractivity contribution in [3.8, 4) is 11.3 Å². The Labute approximate surface area is 142 Å². The van der Waals surface area contributed by atoms with Crippen LogP contribution in [0.4, 0.5) is 26.2 Å². The molecule has 3 rings (SSSR count). The van der Waals surface area contributed by atoms with Gasteiger partial charge >= 0.3 is 0 Å². The number of hydrogen-bond acceptors (Lipinski definition) is 6. The van der Waals surface area contributed by atoms with Gasteiger partial charge in [-0.25, -0.2) is 13.8 Å². The zero-order valence-electron chi connectivity index (χ0n) is 13.1. The molecule has 0 amide bonds. The van der Waals surface area contributed by atoms with Crippen LogP contribution >= 0.6 is 0 Å². The number of hydrogen-bond donors (Lipinski definition) is 3. The highest BCUT2D eigenvalue weighted by Gasteiger charge is 2.11. The molecule has 128 valence electrons. The predicted octanol–water partition coefficient (Wildman–Crippen LogP) is 2.96. The molecule has 2 aromatic heterocycles.